The van der Waals surface area contributed by atoms with Gasteiger partial charge in [0.2, 0.25) is 10.0 Å². The largest absolute Gasteiger partial charge is 0.492 e. The first-order valence-electron chi connectivity index (χ1n) is 5.97. The number of sulfonamides is 1. The van der Waals surface area contributed by atoms with Gasteiger partial charge in [-0.05, 0) is 41.4 Å². The molecule has 108 valence electrons. The third-order valence-corrected chi connectivity index (χ3v) is 4.32. The quantitative estimate of drug-likeness (QED) is 0.786. The number of ether oxygens (including phenoxy) is 1. The van der Waals surface area contributed by atoms with E-state index in [-0.39, 0.29) is 11.4 Å². The third kappa shape index (κ3) is 5.10. The molecule has 1 rings (SSSR count). The molecule has 19 heavy (non-hydrogen) atoms. The summed E-state index contributed by atoms with van der Waals surface area (Å²) in [4.78, 5) is 0.113. The number of hydrogen-bond donors (Lipinski definition) is 2. The second-order valence-electron chi connectivity index (χ2n) is 4.14. The summed E-state index contributed by atoms with van der Waals surface area (Å²) in [7, 11) is -3.63. The van der Waals surface area contributed by atoms with Crippen molar-refractivity contribution in [3.8, 4) is 5.75 Å². The summed E-state index contributed by atoms with van der Waals surface area (Å²) in [5, 5.41) is 9.12. The highest BCUT2D eigenvalue weighted by atomic mass is 79.9. The molecule has 1 aromatic carbocycles. The SMILES string of the molecule is CCCOc1cc(S(=O)(=O)NC[C@H](C)O)ccc1Br. The van der Waals surface area contributed by atoms with Gasteiger partial charge >= 0.3 is 0 Å². The Kier molecular flexibility index (Phi) is 6.25. The highest BCUT2D eigenvalue weighted by Gasteiger charge is 2.16. The Morgan fingerprint density at radius 2 is 2.16 bits per heavy atom. The van der Waals surface area contributed by atoms with Crippen molar-refractivity contribution in [2.75, 3.05) is 13.2 Å². The molecule has 0 heterocycles. The number of aliphatic hydroxyl groups excluding tert-OH is 1. The molecule has 7 heteroatoms. The van der Waals surface area contributed by atoms with Gasteiger partial charge in [-0.3, -0.25) is 0 Å². The minimum Gasteiger partial charge on any atom is -0.492 e. The summed E-state index contributed by atoms with van der Waals surface area (Å²) in [6.45, 7) is 3.98. The first-order valence-corrected chi connectivity index (χ1v) is 8.24. The summed E-state index contributed by atoms with van der Waals surface area (Å²) < 4.78 is 32.5. The minimum absolute atomic E-state index is 0.0243. The average molecular weight is 352 g/mol. The van der Waals surface area contributed by atoms with Crippen LogP contribution in [0.5, 0.6) is 5.75 Å². The van der Waals surface area contributed by atoms with Crippen LogP contribution >= 0.6 is 15.9 Å². The van der Waals surface area contributed by atoms with Crippen LogP contribution in [0, 0.1) is 0 Å². The summed E-state index contributed by atoms with van der Waals surface area (Å²) >= 11 is 3.31. The zero-order valence-electron chi connectivity index (χ0n) is 10.9. The van der Waals surface area contributed by atoms with Crippen molar-refractivity contribution < 1.29 is 18.3 Å². The van der Waals surface area contributed by atoms with Crippen LogP contribution in [0.4, 0.5) is 0 Å². The molecule has 0 amide bonds. The van der Waals surface area contributed by atoms with Crippen LogP contribution in [-0.2, 0) is 10.0 Å². The molecule has 0 aliphatic carbocycles. The molecule has 0 bridgehead atoms. The standard InChI is InChI=1S/C12H18BrNO4S/c1-3-6-18-12-7-10(4-5-11(12)13)19(16,17)14-8-9(2)15/h4-5,7,9,14-15H,3,6,8H2,1-2H3/t9-/m0/s1. The van der Waals surface area contributed by atoms with E-state index in [4.69, 9.17) is 9.84 Å². The van der Waals surface area contributed by atoms with Crippen molar-refractivity contribution in [1.82, 2.24) is 4.72 Å². The van der Waals surface area contributed by atoms with E-state index in [1.165, 1.54) is 19.1 Å². The van der Waals surface area contributed by atoms with Gasteiger partial charge in [-0.25, -0.2) is 13.1 Å². The molecule has 0 aromatic heterocycles. The van der Waals surface area contributed by atoms with Crippen LogP contribution in [0.3, 0.4) is 0 Å². The highest BCUT2D eigenvalue weighted by Crippen LogP contribution is 2.28. The molecule has 5 nitrogen and oxygen atoms in total. The van der Waals surface area contributed by atoms with Gasteiger partial charge < -0.3 is 9.84 Å². The molecular weight excluding hydrogens is 334 g/mol. The van der Waals surface area contributed by atoms with Gasteiger partial charge in [0.1, 0.15) is 5.75 Å². The zero-order chi connectivity index (χ0) is 14.5. The Bertz CT molecular complexity index is 516. The maximum Gasteiger partial charge on any atom is 0.240 e. The van der Waals surface area contributed by atoms with Gasteiger partial charge in [0.05, 0.1) is 22.1 Å². The van der Waals surface area contributed by atoms with Crippen molar-refractivity contribution in [3.63, 3.8) is 0 Å². The van der Waals surface area contributed by atoms with E-state index >= 15 is 0 Å². The molecule has 0 fully saturated rings. The minimum atomic E-state index is -3.63. The molecule has 0 saturated carbocycles. The van der Waals surface area contributed by atoms with Gasteiger partial charge in [-0.15, -0.1) is 0 Å². The van der Waals surface area contributed by atoms with E-state index in [0.29, 0.717) is 16.8 Å². The average Bonchev–Trinajstić information content (AvgIpc) is 2.35. The molecule has 0 spiro atoms. The van der Waals surface area contributed by atoms with Crippen molar-refractivity contribution in [3.05, 3.63) is 22.7 Å². The molecule has 0 saturated heterocycles. The lowest BCUT2D eigenvalue weighted by Crippen LogP contribution is -2.30. The summed E-state index contributed by atoms with van der Waals surface area (Å²) in [5.41, 5.74) is 0. The van der Waals surface area contributed by atoms with Crippen LogP contribution < -0.4 is 9.46 Å². The van der Waals surface area contributed by atoms with Gasteiger partial charge in [0.25, 0.3) is 0 Å². The second kappa shape index (κ2) is 7.23. The number of benzene rings is 1. The molecule has 0 radical (unpaired) electrons. The highest BCUT2D eigenvalue weighted by molar-refractivity contribution is 9.10. The summed E-state index contributed by atoms with van der Waals surface area (Å²) in [5.74, 6) is 0.488. The van der Waals surface area contributed by atoms with Crippen LogP contribution in [0.15, 0.2) is 27.6 Å². The van der Waals surface area contributed by atoms with Crippen LogP contribution in [0.2, 0.25) is 0 Å². The maximum absolute atomic E-state index is 12.0. The lowest BCUT2D eigenvalue weighted by atomic mass is 10.3. The van der Waals surface area contributed by atoms with Gasteiger partial charge in [-0.2, -0.15) is 0 Å². The van der Waals surface area contributed by atoms with Crippen molar-refractivity contribution in [1.29, 1.82) is 0 Å². The topological polar surface area (TPSA) is 75.6 Å². The van der Waals surface area contributed by atoms with Gasteiger partial charge in [0, 0.05) is 12.6 Å². The number of halogens is 1. The molecule has 1 aromatic rings. The van der Waals surface area contributed by atoms with E-state index in [1.807, 2.05) is 6.92 Å². The van der Waals surface area contributed by atoms with Crippen LogP contribution in [-0.4, -0.2) is 32.8 Å². The second-order valence-corrected chi connectivity index (χ2v) is 6.76. The normalized spacial score (nSPS) is 13.3. The van der Waals surface area contributed by atoms with Gasteiger partial charge in [0.15, 0.2) is 0 Å². The van der Waals surface area contributed by atoms with Crippen molar-refractivity contribution in [2.45, 2.75) is 31.3 Å². The predicted octanol–water partition coefficient (Wildman–Crippen LogP) is 1.90. The fraction of sp³-hybridized carbons (Fsp3) is 0.500. The zero-order valence-corrected chi connectivity index (χ0v) is 13.3. The van der Waals surface area contributed by atoms with Crippen molar-refractivity contribution >= 4 is 26.0 Å². The molecule has 2 N–H and O–H groups in total. The number of rotatable bonds is 7. The van der Waals surface area contributed by atoms with E-state index < -0.39 is 16.1 Å². The molecule has 0 aliphatic rings. The smallest absolute Gasteiger partial charge is 0.240 e. The fourth-order valence-electron chi connectivity index (χ4n) is 1.29. The van der Waals surface area contributed by atoms with Crippen LogP contribution in [0.25, 0.3) is 0 Å². The Morgan fingerprint density at radius 1 is 1.47 bits per heavy atom. The number of aliphatic hydroxyl groups is 1. The first kappa shape index (κ1) is 16.4. The molecular formula is C12H18BrNO4S. The monoisotopic (exact) mass is 351 g/mol. The van der Waals surface area contributed by atoms with Crippen LogP contribution in [0.1, 0.15) is 20.3 Å². The Labute approximate surface area is 122 Å². The van der Waals surface area contributed by atoms with E-state index in [1.54, 1.807) is 6.07 Å². The predicted molar refractivity (Wildman–Crippen MR) is 76.8 cm³/mol. The number of hydrogen-bond acceptors (Lipinski definition) is 4. The Hall–Kier alpha value is -0.630. The van der Waals surface area contributed by atoms with Crippen molar-refractivity contribution in [2.24, 2.45) is 0 Å². The first-order chi connectivity index (χ1) is 8.86. The molecule has 1 atom stereocenters. The third-order valence-electron chi connectivity index (χ3n) is 2.24. The fourth-order valence-corrected chi connectivity index (χ4v) is 2.78. The van der Waals surface area contributed by atoms with Gasteiger partial charge in [-0.1, -0.05) is 6.92 Å². The van der Waals surface area contributed by atoms with E-state index in [0.717, 1.165) is 6.42 Å². The number of nitrogens with one attached hydrogen (secondary N) is 1. The summed E-state index contributed by atoms with van der Waals surface area (Å²) in [6.07, 6.45) is 0.102. The Balaban J connectivity index is 2.94. The van der Waals surface area contributed by atoms with E-state index in [9.17, 15) is 8.42 Å². The Morgan fingerprint density at radius 3 is 2.74 bits per heavy atom. The molecule has 0 unspecified atom stereocenters. The lowest BCUT2D eigenvalue weighted by molar-refractivity contribution is 0.198. The lowest BCUT2D eigenvalue weighted by Gasteiger charge is -2.11. The van der Waals surface area contributed by atoms with E-state index in [2.05, 4.69) is 20.7 Å². The summed E-state index contributed by atoms with van der Waals surface area (Å²) in [6, 6.07) is 4.57. The maximum atomic E-state index is 12.0. The molecule has 0 aliphatic heterocycles.